The van der Waals surface area contributed by atoms with E-state index < -0.39 is 30.4 Å². The summed E-state index contributed by atoms with van der Waals surface area (Å²) in [5.74, 6) is -3.33. The Bertz CT molecular complexity index is 1030. The van der Waals surface area contributed by atoms with Gasteiger partial charge in [-0.1, -0.05) is 0 Å². The highest BCUT2D eigenvalue weighted by Crippen LogP contribution is 2.33. The molecule has 1 aromatic carbocycles. The van der Waals surface area contributed by atoms with Gasteiger partial charge in [0.05, 0.1) is 24.2 Å². The van der Waals surface area contributed by atoms with E-state index in [0.717, 1.165) is 11.3 Å². The summed E-state index contributed by atoms with van der Waals surface area (Å²) in [6.45, 7) is 0.900. The van der Waals surface area contributed by atoms with Gasteiger partial charge in [-0.05, 0) is 24.6 Å². The number of phenols is 1. The second-order valence-corrected chi connectivity index (χ2v) is 7.28. The molecule has 2 amide bonds. The molecule has 172 valence electrons. The highest BCUT2D eigenvalue weighted by molar-refractivity contribution is 7.18. The number of methoxy groups -OCH3 is 2. The van der Waals surface area contributed by atoms with Crippen LogP contribution >= 0.6 is 11.3 Å². The molecule has 0 bridgehead atoms. The fraction of sp³-hybridized carbons (Fsp3) is 0.300. The number of hydrogen-bond donors (Lipinski definition) is 3. The first-order chi connectivity index (χ1) is 15.2. The minimum absolute atomic E-state index is 0.0204. The Labute approximate surface area is 187 Å². The fourth-order valence-electron chi connectivity index (χ4n) is 2.55. The predicted octanol–water partition coefficient (Wildman–Crippen LogP) is 1.47. The van der Waals surface area contributed by atoms with Crippen LogP contribution in [0.25, 0.3) is 0 Å². The van der Waals surface area contributed by atoms with Crippen LogP contribution in [-0.4, -0.2) is 62.9 Å². The van der Waals surface area contributed by atoms with Gasteiger partial charge >= 0.3 is 11.9 Å². The van der Waals surface area contributed by atoms with Crippen LogP contribution in [-0.2, 0) is 19.0 Å². The van der Waals surface area contributed by atoms with Crippen LogP contribution in [0.5, 0.6) is 11.5 Å². The maximum absolute atomic E-state index is 12.4. The first-order valence-corrected chi connectivity index (χ1v) is 9.94. The van der Waals surface area contributed by atoms with Crippen LogP contribution in [0.4, 0.5) is 5.00 Å². The molecule has 12 heteroatoms. The number of carbonyl (C=O) groups is 4. The number of rotatable bonds is 10. The summed E-state index contributed by atoms with van der Waals surface area (Å²) in [7, 11) is 2.84. The number of nitrogens with one attached hydrogen (secondary N) is 1. The van der Waals surface area contributed by atoms with E-state index in [4.69, 9.17) is 24.7 Å². The van der Waals surface area contributed by atoms with Gasteiger partial charge in [0.25, 0.3) is 11.8 Å². The van der Waals surface area contributed by atoms with Gasteiger partial charge in [-0.15, -0.1) is 11.3 Å². The van der Waals surface area contributed by atoms with Gasteiger partial charge in [0, 0.05) is 13.2 Å². The lowest BCUT2D eigenvalue weighted by Gasteiger charge is -2.09. The summed E-state index contributed by atoms with van der Waals surface area (Å²) in [4.78, 5) is 48.6. The van der Waals surface area contributed by atoms with E-state index in [1.54, 1.807) is 0 Å². The number of phenolic OH excluding ortho intramolecular Hbond substituents is 1. The van der Waals surface area contributed by atoms with Crippen molar-refractivity contribution < 1.29 is 43.2 Å². The zero-order valence-corrected chi connectivity index (χ0v) is 18.4. The molecule has 0 saturated carbocycles. The number of ether oxygens (including phenoxy) is 4. The number of carbonyl (C=O) groups excluding carboxylic acids is 4. The number of primary amides is 1. The molecule has 1 aromatic heterocycles. The van der Waals surface area contributed by atoms with E-state index in [-0.39, 0.29) is 45.5 Å². The predicted molar refractivity (Wildman–Crippen MR) is 113 cm³/mol. The fourth-order valence-corrected chi connectivity index (χ4v) is 3.62. The van der Waals surface area contributed by atoms with Crippen molar-refractivity contribution in [1.82, 2.24) is 0 Å². The van der Waals surface area contributed by atoms with Gasteiger partial charge in [0.1, 0.15) is 28.7 Å². The average molecular weight is 466 g/mol. The van der Waals surface area contributed by atoms with E-state index >= 15 is 0 Å². The van der Waals surface area contributed by atoms with Crippen molar-refractivity contribution >= 4 is 40.1 Å². The SMILES string of the molecule is COCCOC(=O)c1c(NC(=O)COC(=O)c2ccc(OC)cc2O)sc(C(N)=O)c1C. The Balaban J connectivity index is 2.11. The number of hydrogen-bond acceptors (Lipinski definition) is 10. The number of aromatic hydroxyl groups is 1. The highest BCUT2D eigenvalue weighted by Gasteiger charge is 2.26. The molecule has 4 N–H and O–H groups in total. The van der Waals surface area contributed by atoms with Crippen molar-refractivity contribution in [2.24, 2.45) is 5.73 Å². The lowest BCUT2D eigenvalue weighted by Crippen LogP contribution is -2.22. The van der Waals surface area contributed by atoms with Crippen LogP contribution < -0.4 is 15.8 Å². The third-order valence-corrected chi connectivity index (χ3v) is 5.33. The Morgan fingerprint density at radius 1 is 1.09 bits per heavy atom. The quantitative estimate of drug-likeness (QED) is 0.347. The Morgan fingerprint density at radius 2 is 1.81 bits per heavy atom. The summed E-state index contributed by atoms with van der Waals surface area (Å²) >= 11 is 0.794. The Kier molecular flexibility index (Phi) is 8.55. The normalized spacial score (nSPS) is 10.3. The molecular formula is C20H22N2O9S. The number of thiophene rings is 1. The summed E-state index contributed by atoms with van der Waals surface area (Å²) in [5, 5.41) is 12.3. The largest absolute Gasteiger partial charge is 0.507 e. The molecule has 0 atom stereocenters. The van der Waals surface area contributed by atoms with Crippen molar-refractivity contribution in [2.75, 3.05) is 39.4 Å². The van der Waals surface area contributed by atoms with Crippen LogP contribution in [0.2, 0.25) is 0 Å². The lowest BCUT2D eigenvalue weighted by atomic mass is 10.1. The second kappa shape index (κ2) is 11.1. The number of nitrogens with two attached hydrogens (primary N) is 1. The summed E-state index contributed by atoms with van der Waals surface area (Å²) < 4.78 is 19.7. The third-order valence-electron chi connectivity index (χ3n) is 4.11. The minimum atomic E-state index is -0.945. The summed E-state index contributed by atoms with van der Waals surface area (Å²) in [6.07, 6.45) is 0. The topological polar surface area (TPSA) is 163 Å². The van der Waals surface area contributed by atoms with Crippen molar-refractivity contribution in [3.8, 4) is 11.5 Å². The third kappa shape index (κ3) is 5.95. The number of esters is 2. The molecule has 0 radical (unpaired) electrons. The van der Waals surface area contributed by atoms with Crippen LogP contribution in [0, 0.1) is 6.92 Å². The van der Waals surface area contributed by atoms with Crippen LogP contribution in [0.1, 0.15) is 36.0 Å². The molecule has 0 aliphatic heterocycles. The average Bonchev–Trinajstić information content (AvgIpc) is 3.07. The molecular weight excluding hydrogens is 444 g/mol. The van der Waals surface area contributed by atoms with Crippen LogP contribution in [0.15, 0.2) is 18.2 Å². The van der Waals surface area contributed by atoms with E-state index in [1.807, 2.05) is 0 Å². The van der Waals surface area contributed by atoms with Gasteiger partial charge in [0.15, 0.2) is 6.61 Å². The molecule has 0 saturated heterocycles. The molecule has 0 aliphatic carbocycles. The van der Waals surface area contributed by atoms with Gasteiger partial charge < -0.3 is 35.1 Å². The standard InChI is InChI=1S/C20H22N2O9S/c1-10-15(20(27)30-7-6-28-2)18(32-16(10)17(21)25)22-14(24)9-31-19(26)12-5-4-11(29-3)8-13(12)23/h4-5,8,23H,6-7,9H2,1-3H3,(H2,21,25)(H,22,24). The van der Waals surface area contributed by atoms with Gasteiger partial charge in [-0.2, -0.15) is 0 Å². The summed E-state index contributed by atoms with van der Waals surface area (Å²) in [5.41, 5.74) is 5.38. The van der Waals surface area contributed by atoms with Gasteiger partial charge in [-0.25, -0.2) is 9.59 Å². The molecule has 1 heterocycles. The smallest absolute Gasteiger partial charge is 0.342 e. The molecule has 11 nitrogen and oxygen atoms in total. The number of amides is 2. The van der Waals surface area contributed by atoms with Crippen molar-refractivity contribution in [3.05, 3.63) is 39.8 Å². The van der Waals surface area contributed by atoms with Crippen molar-refractivity contribution in [2.45, 2.75) is 6.92 Å². The maximum Gasteiger partial charge on any atom is 0.342 e. The summed E-state index contributed by atoms with van der Waals surface area (Å²) in [6, 6.07) is 3.94. The van der Waals surface area contributed by atoms with Crippen molar-refractivity contribution in [1.29, 1.82) is 0 Å². The Morgan fingerprint density at radius 3 is 2.41 bits per heavy atom. The molecule has 0 aliphatic rings. The molecule has 0 spiro atoms. The van der Waals surface area contributed by atoms with Crippen LogP contribution in [0.3, 0.4) is 0 Å². The number of benzene rings is 1. The zero-order valence-electron chi connectivity index (χ0n) is 17.6. The number of anilines is 1. The highest BCUT2D eigenvalue weighted by atomic mass is 32.1. The Hall–Kier alpha value is -3.64. The van der Waals surface area contributed by atoms with E-state index in [1.165, 1.54) is 39.3 Å². The van der Waals surface area contributed by atoms with E-state index in [9.17, 15) is 24.3 Å². The molecule has 0 unspecified atom stereocenters. The first kappa shape index (κ1) is 24.6. The second-order valence-electron chi connectivity index (χ2n) is 6.26. The zero-order chi connectivity index (χ0) is 23.8. The molecule has 32 heavy (non-hydrogen) atoms. The first-order valence-electron chi connectivity index (χ1n) is 9.12. The molecule has 0 fully saturated rings. The maximum atomic E-state index is 12.4. The van der Waals surface area contributed by atoms with Crippen molar-refractivity contribution in [3.63, 3.8) is 0 Å². The molecule has 2 aromatic rings. The molecule has 2 rings (SSSR count). The van der Waals surface area contributed by atoms with E-state index in [0.29, 0.717) is 5.75 Å². The minimum Gasteiger partial charge on any atom is -0.507 e. The van der Waals surface area contributed by atoms with Gasteiger partial charge in [0.2, 0.25) is 0 Å². The van der Waals surface area contributed by atoms with E-state index in [2.05, 4.69) is 5.32 Å². The lowest BCUT2D eigenvalue weighted by molar-refractivity contribution is -0.119. The van der Waals surface area contributed by atoms with Gasteiger partial charge in [-0.3, -0.25) is 9.59 Å². The monoisotopic (exact) mass is 466 g/mol.